The van der Waals surface area contributed by atoms with Gasteiger partial charge in [-0.3, -0.25) is 0 Å². The Labute approximate surface area is 116 Å². The lowest BCUT2D eigenvalue weighted by Gasteiger charge is -2.11. The van der Waals surface area contributed by atoms with Crippen molar-refractivity contribution in [2.45, 2.75) is 6.92 Å². The number of nitriles is 1. The second-order valence-corrected chi connectivity index (χ2v) is 4.61. The maximum Gasteiger partial charge on any atom is 0.141 e. The van der Waals surface area contributed by atoms with Crippen LogP contribution in [0.5, 0.6) is 0 Å². The van der Waals surface area contributed by atoms with Gasteiger partial charge in [0.1, 0.15) is 11.9 Å². The SMILES string of the molecule is CNc1cc(C)cc(-c2ccc(C#N)c(F)c2)c1Cl. The molecule has 0 fully saturated rings. The van der Waals surface area contributed by atoms with Gasteiger partial charge in [-0.05, 0) is 42.3 Å². The van der Waals surface area contributed by atoms with Gasteiger partial charge in [0.15, 0.2) is 0 Å². The van der Waals surface area contributed by atoms with Crippen LogP contribution in [0.3, 0.4) is 0 Å². The van der Waals surface area contributed by atoms with Gasteiger partial charge < -0.3 is 5.32 Å². The van der Waals surface area contributed by atoms with Crippen molar-refractivity contribution in [3.05, 3.63) is 52.3 Å². The Kier molecular flexibility index (Phi) is 3.73. The molecule has 0 saturated heterocycles. The summed E-state index contributed by atoms with van der Waals surface area (Å²) in [5.74, 6) is -0.538. The van der Waals surface area contributed by atoms with Gasteiger partial charge in [0, 0.05) is 12.6 Å². The number of benzene rings is 2. The predicted molar refractivity (Wildman–Crippen MR) is 75.8 cm³/mol. The molecule has 2 nitrogen and oxygen atoms in total. The molecule has 0 radical (unpaired) electrons. The number of aryl methyl sites for hydroxylation is 1. The highest BCUT2D eigenvalue weighted by atomic mass is 35.5. The summed E-state index contributed by atoms with van der Waals surface area (Å²) in [5.41, 5.74) is 3.24. The zero-order valence-electron chi connectivity index (χ0n) is 10.6. The maximum atomic E-state index is 13.7. The van der Waals surface area contributed by atoms with Crippen LogP contribution in [0.1, 0.15) is 11.1 Å². The van der Waals surface area contributed by atoms with Crippen LogP contribution in [-0.4, -0.2) is 7.05 Å². The Morgan fingerprint density at radius 2 is 2.00 bits per heavy atom. The number of rotatable bonds is 2. The lowest BCUT2D eigenvalue weighted by atomic mass is 10.0. The fraction of sp³-hybridized carbons (Fsp3) is 0.133. The van der Waals surface area contributed by atoms with Crippen LogP contribution in [0.4, 0.5) is 10.1 Å². The normalized spacial score (nSPS) is 10.1. The zero-order valence-corrected chi connectivity index (χ0v) is 11.3. The first-order valence-corrected chi connectivity index (χ1v) is 6.12. The van der Waals surface area contributed by atoms with E-state index in [1.165, 1.54) is 12.1 Å². The number of nitrogens with one attached hydrogen (secondary N) is 1. The van der Waals surface area contributed by atoms with Crippen molar-refractivity contribution in [2.24, 2.45) is 0 Å². The van der Waals surface area contributed by atoms with Crippen molar-refractivity contribution in [1.29, 1.82) is 5.26 Å². The molecule has 2 rings (SSSR count). The molecule has 0 aliphatic heterocycles. The van der Waals surface area contributed by atoms with E-state index in [4.69, 9.17) is 16.9 Å². The van der Waals surface area contributed by atoms with E-state index in [-0.39, 0.29) is 5.56 Å². The van der Waals surface area contributed by atoms with Crippen LogP contribution in [0.15, 0.2) is 30.3 Å². The van der Waals surface area contributed by atoms with Crippen LogP contribution < -0.4 is 5.32 Å². The highest BCUT2D eigenvalue weighted by Gasteiger charge is 2.11. The van der Waals surface area contributed by atoms with E-state index in [0.29, 0.717) is 10.6 Å². The molecule has 0 atom stereocenters. The van der Waals surface area contributed by atoms with Crippen molar-refractivity contribution in [3.8, 4) is 17.2 Å². The number of hydrogen-bond acceptors (Lipinski definition) is 2. The molecular formula is C15H12ClFN2. The summed E-state index contributed by atoms with van der Waals surface area (Å²) in [4.78, 5) is 0. The molecule has 2 aromatic carbocycles. The highest BCUT2D eigenvalue weighted by Crippen LogP contribution is 2.35. The Balaban J connectivity index is 2.62. The molecule has 0 aliphatic carbocycles. The van der Waals surface area contributed by atoms with Crippen LogP contribution in [0, 0.1) is 24.1 Å². The second-order valence-electron chi connectivity index (χ2n) is 4.23. The summed E-state index contributed by atoms with van der Waals surface area (Å²) in [5, 5.41) is 12.3. The molecular weight excluding hydrogens is 263 g/mol. The third kappa shape index (κ3) is 2.54. The fourth-order valence-corrected chi connectivity index (χ4v) is 2.25. The number of nitrogens with zero attached hydrogens (tertiary/aromatic N) is 1. The fourth-order valence-electron chi connectivity index (χ4n) is 1.93. The molecule has 0 bridgehead atoms. The minimum Gasteiger partial charge on any atom is -0.387 e. The quantitative estimate of drug-likeness (QED) is 0.883. The van der Waals surface area contributed by atoms with E-state index in [1.807, 2.05) is 19.1 Å². The molecule has 0 amide bonds. The Morgan fingerprint density at radius 1 is 1.26 bits per heavy atom. The van der Waals surface area contributed by atoms with Gasteiger partial charge in [-0.1, -0.05) is 17.7 Å². The van der Waals surface area contributed by atoms with Crippen molar-refractivity contribution in [1.82, 2.24) is 0 Å². The molecule has 0 unspecified atom stereocenters. The van der Waals surface area contributed by atoms with Gasteiger partial charge in [-0.25, -0.2) is 4.39 Å². The molecule has 1 N–H and O–H groups in total. The van der Waals surface area contributed by atoms with Gasteiger partial charge in [-0.2, -0.15) is 5.26 Å². The number of halogens is 2. The molecule has 0 aliphatic rings. The summed E-state index contributed by atoms with van der Waals surface area (Å²) in [6.07, 6.45) is 0. The molecule has 4 heteroatoms. The van der Waals surface area contributed by atoms with Gasteiger partial charge in [0.05, 0.1) is 16.3 Å². The third-order valence-corrected chi connectivity index (χ3v) is 3.29. The van der Waals surface area contributed by atoms with Crippen LogP contribution in [-0.2, 0) is 0 Å². The van der Waals surface area contributed by atoms with E-state index >= 15 is 0 Å². The Bertz CT molecular complexity index is 675. The van der Waals surface area contributed by atoms with Crippen molar-refractivity contribution >= 4 is 17.3 Å². The van der Waals surface area contributed by atoms with Crippen LogP contribution in [0.25, 0.3) is 11.1 Å². The van der Waals surface area contributed by atoms with Gasteiger partial charge in [0.25, 0.3) is 0 Å². The van der Waals surface area contributed by atoms with E-state index in [9.17, 15) is 4.39 Å². The minimum atomic E-state index is -0.538. The average Bonchev–Trinajstić information content (AvgIpc) is 2.40. The largest absolute Gasteiger partial charge is 0.387 e. The molecule has 19 heavy (non-hydrogen) atoms. The van der Waals surface area contributed by atoms with Gasteiger partial charge in [0.2, 0.25) is 0 Å². The first kappa shape index (κ1) is 13.4. The van der Waals surface area contributed by atoms with Crippen LogP contribution >= 0.6 is 11.6 Å². The predicted octanol–water partition coefficient (Wildman–Crippen LogP) is 4.37. The van der Waals surface area contributed by atoms with E-state index in [1.54, 1.807) is 19.2 Å². The van der Waals surface area contributed by atoms with E-state index in [0.717, 1.165) is 16.8 Å². The smallest absolute Gasteiger partial charge is 0.141 e. The number of hydrogen-bond donors (Lipinski definition) is 1. The van der Waals surface area contributed by atoms with Crippen LogP contribution in [0.2, 0.25) is 5.02 Å². The van der Waals surface area contributed by atoms with Crippen molar-refractivity contribution in [3.63, 3.8) is 0 Å². The number of anilines is 1. The standard InChI is InChI=1S/C15H12ClFN2/c1-9-5-12(15(16)14(6-9)19-2)10-3-4-11(8-18)13(17)7-10/h3-7,19H,1-2H3. The first-order chi connectivity index (χ1) is 9.06. The zero-order chi connectivity index (χ0) is 14.0. The van der Waals surface area contributed by atoms with Gasteiger partial charge >= 0.3 is 0 Å². The first-order valence-electron chi connectivity index (χ1n) is 5.74. The third-order valence-electron chi connectivity index (χ3n) is 2.89. The second kappa shape index (κ2) is 5.29. The topological polar surface area (TPSA) is 35.8 Å². The summed E-state index contributed by atoms with van der Waals surface area (Å²) in [6.45, 7) is 1.95. The summed E-state index contributed by atoms with van der Waals surface area (Å²) in [7, 11) is 1.78. The van der Waals surface area contributed by atoms with Crippen molar-refractivity contribution in [2.75, 3.05) is 12.4 Å². The Hall–Kier alpha value is -2.05. The lowest BCUT2D eigenvalue weighted by Crippen LogP contribution is -1.93. The lowest BCUT2D eigenvalue weighted by molar-refractivity contribution is 0.624. The summed E-state index contributed by atoms with van der Waals surface area (Å²) >= 11 is 6.29. The molecule has 2 aromatic rings. The minimum absolute atomic E-state index is 0.0290. The molecule has 0 spiro atoms. The maximum absolute atomic E-state index is 13.7. The highest BCUT2D eigenvalue weighted by molar-refractivity contribution is 6.36. The molecule has 0 aromatic heterocycles. The molecule has 96 valence electrons. The molecule has 0 saturated carbocycles. The van der Waals surface area contributed by atoms with E-state index in [2.05, 4.69) is 5.32 Å². The van der Waals surface area contributed by atoms with Crippen molar-refractivity contribution < 1.29 is 4.39 Å². The summed E-state index contributed by atoms with van der Waals surface area (Å²) < 4.78 is 13.7. The van der Waals surface area contributed by atoms with E-state index < -0.39 is 5.82 Å². The summed E-state index contributed by atoms with van der Waals surface area (Å²) in [6, 6.07) is 10.1. The molecule has 0 heterocycles. The average molecular weight is 275 g/mol. The monoisotopic (exact) mass is 274 g/mol. The Morgan fingerprint density at radius 3 is 2.58 bits per heavy atom. The van der Waals surface area contributed by atoms with Gasteiger partial charge in [-0.15, -0.1) is 0 Å².